The predicted octanol–water partition coefficient (Wildman–Crippen LogP) is 2.49. The number of fused-ring (bicyclic) bond motifs is 1. The van der Waals surface area contributed by atoms with E-state index in [-0.39, 0.29) is 6.61 Å². The number of benzene rings is 1. The summed E-state index contributed by atoms with van der Waals surface area (Å²) >= 11 is 0. The van der Waals surface area contributed by atoms with Crippen LogP contribution in [0.25, 0.3) is 11.0 Å². The standard InChI is InChI=1S/C11H12O2/c1-2-8-3-4-9-6-10(7-12)13-11(9)5-8/h3-6,12H,2,7H2,1H3. The molecule has 0 saturated heterocycles. The normalized spacial score (nSPS) is 10.9. The SMILES string of the molecule is CCc1ccc2cc(CO)oc2c1. The van der Waals surface area contributed by atoms with E-state index in [1.165, 1.54) is 5.56 Å². The zero-order valence-corrected chi connectivity index (χ0v) is 7.58. The van der Waals surface area contributed by atoms with Crippen LogP contribution in [0.5, 0.6) is 0 Å². The van der Waals surface area contributed by atoms with E-state index in [0.29, 0.717) is 5.76 Å². The molecule has 0 bridgehead atoms. The first kappa shape index (κ1) is 8.32. The van der Waals surface area contributed by atoms with Crippen molar-refractivity contribution in [3.8, 4) is 0 Å². The van der Waals surface area contributed by atoms with Crippen molar-refractivity contribution in [3.05, 3.63) is 35.6 Å². The van der Waals surface area contributed by atoms with E-state index >= 15 is 0 Å². The highest BCUT2D eigenvalue weighted by Gasteiger charge is 2.02. The minimum absolute atomic E-state index is 0.0316. The first-order valence-corrected chi connectivity index (χ1v) is 4.45. The summed E-state index contributed by atoms with van der Waals surface area (Å²) in [4.78, 5) is 0. The van der Waals surface area contributed by atoms with Gasteiger partial charge in [0.15, 0.2) is 0 Å². The lowest BCUT2D eigenvalue weighted by Crippen LogP contribution is -1.76. The van der Waals surface area contributed by atoms with Gasteiger partial charge in [-0.2, -0.15) is 0 Å². The van der Waals surface area contributed by atoms with Gasteiger partial charge >= 0.3 is 0 Å². The molecule has 1 aromatic carbocycles. The fourth-order valence-electron chi connectivity index (χ4n) is 1.43. The van der Waals surface area contributed by atoms with Gasteiger partial charge in [-0.05, 0) is 24.1 Å². The van der Waals surface area contributed by atoms with Gasteiger partial charge in [-0.25, -0.2) is 0 Å². The Balaban J connectivity index is 2.57. The Morgan fingerprint density at radius 2 is 2.15 bits per heavy atom. The molecule has 1 heterocycles. The first-order chi connectivity index (χ1) is 6.33. The molecule has 0 atom stereocenters. The Morgan fingerprint density at radius 1 is 1.31 bits per heavy atom. The van der Waals surface area contributed by atoms with Gasteiger partial charge in [-0.1, -0.05) is 19.1 Å². The number of aryl methyl sites for hydroxylation is 1. The third-order valence-electron chi connectivity index (χ3n) is 2.20. The summed E-state index contributed by atoms with van der Waals surface area (Å²) in [6.07, 6.45) is 1.01. The Morgan fingerprint density at radius 3 is 2.85 bits per heavy atom. The van der Waals surface area contributed by atoms with Gasteiger partial charge in [0.1, 0.15) is 18.0 Å². The first-order valence-electron chi connectivity index (χ1n) is 4.45. The van der Waals surface area contributed by atoms with Crippen molar-refractivity contribution in [3.63, 3.8) is 0 Å². The van der Waals surface area contributed by atoms with E-state index in [9.17, 15) is 0 Å². The summed E-state index contributed by atoms with van der Waals surface area (Å²) in [7, 11) is 0. The number of hydrogen-bond acceptors (Lipinski definition) is 2. The second-order valence-corrected chi connectivity index (χ2v) is 3.10. The molecule has 0 amide bonds. The van der Waals surface area contributed by atoms with Crippen LogP contribution in [0, 0.1) is 0 Å². The Kier molecular flexibility index (Phi) is 2.07. The summed E-state index contributed by atoms with van der Waals surface area (Å²) in [5.41, 5.74) is 2.12. The lowest BCUT2D eigenvalue weighted by molar-refractivity contribution is 0.251. The van der Waals surface area contributed by atoms with Crippen LogP contribution in [0.15, 0.2) is 28.7 Å². The number of hydrogen-bond donors (Lipinski definition) is 1. The van der Waals surface area contributed by atoms with Crippen LogP contribution in [0.2, 0.25) is 0 Å². The molecular formula is C11H12O2. The number of aliphatic hydroxyl groups excluding tert-OH is 1. The molecule has 0 aliphatic rings. The number of rotatable bonds is 2. The van der Waals surface area contributed by atoms with Crippen LogP contribution >= 0.6 is 0 Å². The molecule has 0 fully saturated rings. The van der Waals surface area contributed by atoms with Crippen molar-refractivity contribution in [2.75, 3.05) is 0 Å². The van der Waals surface area contributed by atoms with Crippen molar-refractivity contribution in [2.24, 2.45) is 0 Å². The summed E-state index contributed by atoms with van der Waals surface area (Å²) < 4.78 is 5.41. The summed E-state index contributed by atoms with van der Waals surface area (Å²) in [5, 5.41) is 9.93. The maximum Gasteiger partial charge on any atom is 0.134 e. The molecule has 68 valence electrons. The molecule has 0 aliphatic carbocycles. The molecule has 1 aromatic heterocycles. The van der Waals surface area contributed by atoms with Gasteiger partial charge in [0.25, 0.3) is 0 Å². The second kappa shape index (κ2) is 3.23. The highest BCUT2D eigenvalue weighted by molar-refractivity contribution is 5.78. The zero-order chi connectivity index (χ0) is 9.26. The molecule has 0 unspecified atom stereocenters. The zero-order valence-electron chi connectivity index (χ0n) is 7.58. The third kappa shape index (κ3) is 1.45. The van der Waals surface area contributed by atoms with E-state index < -0.39 is 0 Å². The van der Waals surface area contributed by atoms with Crippen LogP contribution in [0.3, 0.4) is 0 Å². The van der Waals surface area contributed by atoms with Crippen LogP contribution in [0.1, 0.15) is 18.2 Å². The van der Waals surface area contributed by atoms with Gasteiger partial charge in [-0.15, -0.1) is 0 Å². The van der Waals surface area contributed by atoms with Crippen LogP contribution < -0.4 is 0 Å². The third-order valence-corrected chi connectivity index (χ3v) is 2.20. The lowest BCUT2D eigenvalue weighted by Gasteiger charge is -1.93. The van der Waals surface area contributed by atoms with Crippen LogP contribution in [-0.2, 0) is 13.0 Å². The summed E-state index contributed by atoms with van der Waals surface area (Å²) in [6.45, 7) is 2.08. The monoisotopic (exact) mass is 176 g/mol. The van der Waals surface area contributed by atoms with Gasteiger partial charge in [-0.3, -0.25) is 0 Å². The van der Waals surface area contributed by atoms with E-state index in [1.54, 1.807) is 0 Å². The van der Waals surface area contributed by atoms with Crippen molar-refractivity contribution in [1.82, 2.24) is 0 Å². The highest BCUT2D eigenvalue weighted by Crippen LogP contribution is 2.20. The largest absolute Gasteiger partial charge is 0.459 e. The summed E-state index contributed by atoms with van der Waals surface area (Å²) in [5.74, 6) is 0.628. The smallest absolute Gasteiger partial charge is 0.134 e. The fraction of sp³-hybridized carbons (Fsp3) is 0.273. The van der Waals surface area contributed by atoms with Crippen LogP contribution in [-0.4, -0.2) is 5.11 Å². The van der Waals surface area contributed by atoms with Gasteiger partial charge in [0.2, 0.25) is 0 Å². The molecule has 2 heteroatoms. The van der Waals surface area contributed by atoms with Crippen molar-refractivity contribution in [1.29, 1.82) is 0 Å². The van der Waals surface area contributed by atoms with E-state index in [4.69, 9.17) is 9.52 Å². The van der Waals surface area contributed by atoms with Crippen molar-refractivity contribution < 1.29 is 9.52 Å². The maximum atomic E-state index is 8.87. The molecule has 0 aliphatic heterocycles. The number of aliphatic hydroxyl groups is 1. The van der Waals surface area contributed by atoms with E-state index in [0.717, 1.165) is 17.4 Å². The van der Waals surface area contributed by atoms with E-state index in [1.807, 2.05) is 18.2 Å². The Labute approximate surface area is 76.8 Å². The maximum absolute atomic E-state index is 8.87. The van der Waals surface area contributed by atoms with Gasteiger partial charge in [0, 0.05) is 5.39 Å². The fourth-order valence-corrected chi connectivity index (χ4v) is 1.43. The predicted molar refractivity (Wildman–Crippen MR) is 51.5 cm³/mol. The van der Waals surface area contributed by atoms with Crippen molar-refractivity contribution >= 4 is 11.0 Å². The van der Waals surface area contributed by atoms with Gasteiger partial charge in [0.05, 0.1) is 0 Å². The average molecular weight is 176 g/mol. The van der Waals surface area contributed by atoms with Gasteiger partial charge < -0.3 is 9.52 Å². The molecule has 13 heavy (non-hydrogen) atoms. The Bertz CT molecular complexity index is 413. The molecule has 2 aromatic rings. The molecular weight excluding hydrogens is 164 g/mol. The molecule has 0 spiro atoms. The molecule has 1 N–H and O–H groups in total. The molecule has 2 rings (SSSR count). The second-order valence-electron chi connectivity index (χ2n) is 3.10. The number of furan rings is 1. The molecule has 0 radical (unpaired) electrons. The topological polar surface area (TPSA) is 33.4 Å². The average Bonchev–Trinajstić information content (AvgIpc) is 2.58. The minimum Gasteiger partial charge on any atom is -0.459 e. The molecule has 2 nitrogen and oxygen atoms in total. The quantitative estimate of drug-likeness (QED) is 0.762. The highest BCUT2D eigenvalue weighted by atomic mass is 16.4. The minimum atomic E-state index is -0.0316. The molecule has 0 saturated carbocycles. The van der Waals surface area contributed by atoms with Crippen LogP contribution in [0.4, 0.5) is 0 Å². The van der Waals surface area contributed by atoms with Crippen molar-refractivity contribution in [2.45, 2.75) is 20.0 Å². The Hall–Kier alpha value is -1.28. The lowest BCUT2D eigenvalue weighted by atomic mass is 10.1. The summed E-state index contributed by atoms with van der Waals surface area (Å²) in [6, 6.07) is 8.00. The van der Waals surface area contributed by atoms with E-state index in [2.05, 4.69) is 13.0 Å².